The first-order valence-electron chi connectivity index (χ1n) is 6.11. The SMILES string of the molecule is Cc1cc(O)c2c(c1O)C(=O)c1c(N)ccc(O)c1C2=O. The lowest BCUT2D eigenvalue weighted by Crippen LogP contribution is -2.23. The molecule has 106 valence electrons. The van der Waals surface area contributed by atoms with E-state index >= 15 is 0 Å². The zero-order valence-electron chi connectivity index (χ0n) is 11.0. The van der Waals surface area contributed by atoms with Crippen LogP contribution < -0.4 is 5.73 Å². The minimum absolute atomic E-state index is 0.0206. The highest BCUT2D eigenvalue weighted by Gasteiger charge is 2.38. The van der Waals surface area contributed by atoms with Gasteiger partial charge in [0, 0.05) is 5.69 Å². The molecule has 0 saturated carbocycles. The van der Waals surface area contributed by atoms with Crippen LogP contribution in [0, 0.1) is 6.92 Å². The zero-order chi connectivity index (χ0) is 15.5. The minimum atomic E-state index is -0.753. The van der Waals surface area contributed by atoms with Crippen molar-refractivity contribution in [3.63, 3.8) is 0 Å². The average molecular weight is 285 g/mol. The van der Waals surface area contributed by atoms with E-state index in [0.717, 1.165) is 0 Å². The van der Waals surface area contributed by atoms with E-state index < -0.39 is 23.1 Å². The van der Waals surface area contributed by atoms with E-state index in [1.54, 1.807) is 0 Å². The van der Waals surface area contributed by atoms with E-state index in [-0.39, 0.29) is 39.3 Å². The molecule has 0 aliphatic heterocycles. The molecule has 0 aromatic heterocycles. The summed E-state index contributed by atoms with van der Waals surface area (Å²) in [5.74, 6) is -2.66. The minimum Gasteiger partial charge on any atom is -0.507 e. The zero-order valence-corrected chi connectivity index (χ0v) is 11.0. The normalized spacial score (nSPS) is 13.0. The monoisotopic (exact) mass is 285 g/mol. The summed E-state index contributed by atoms with van der Waals surface area (Å²) in [5.41, 5.74) is 4.97. The fourth-order valence-electron chi connectivity index (χ4n) is 2.57. The van der Waals surface area contributed by atoms with Gasteiger partial charge in [0.25, 0.3) is 0 Å². The molecule has 1 aliphatic rings. The lowest BCUT2D eigenvalue weighted by atomic mass is 9.81. The number of fused-ring (bicyclic) bond motifs is 2. The van der Waals surface area contributed by atoms with Crippen LogP contribution in [0.1, 0.15) is 37.4 Å². The maximum Gasteiger partial charge on any atom is 0.202 e. The molecule has 2 aromatic rings. The number of phenols is 3. The molecule has 0 radical (unpaired) electrons. The molecule has 5 N–H and O–H groups in total. The van der Waals surface area contributed by atoms with E-state index in [2.05, 4.69) is 0 Å². The van der Waals surface area contributed by atoms with Crippen LogP contribution in [0.3, 0.4) is 0 Å². The molecular weight excluding hydrogens is 274 g/mol. The molecule has 2 aromatic carbocycles. The first-order chi connectivity index (χ1) is 9.84. The van der Waals surface area contributed by atoms with Gasteiger partial charge in [-0.3, -0.25) is 9.59 Å². The Morgan fingerprint density at radius 1 is 0.857 bits per heavy atom. The largest absolute Gasteiger partial charge is 0.507 e. The summed E-state index contributed by atoms with van der Waals surface area (Å²) in [6, 6.07) is 3.69. The third-order valence-electron chi connectivity index (χ3n) is 3.59. The lowest BCUT2D eigenvalue weighted by molar-refractivity contribution is 0.0972. The van der Waals surface area contributed by atoms with Gasteiger partial charge in [-0.2, -0.15) is 0 Å². The Labute approximate surface area is 119 Å². The Bertz CT molecular complexity index is 839. The van der Waals surface area contributed by atoms with Crippen molar-refractivity contribution in [3.05, 3.63) is 46.0 Å². The number of ketones is 2. The van der Waals surface area contributed by atoms with Gasteiger partial charge in [0.15, 0.2) is 0 Å². The van der Waals surface area contributed by atoms with Crippen LogP contribution >= 0.6 is 0 Å². The summed E-state index contributed by atoms with van der Waals surface area (Å²) < 4.78 is 0. The number of benzene rings is 2. The smallest absolute Gasteiger partial charge is 0.202 e. The molecule has 0 saturated heterocycles. The number of aryl methyl sites for hydroxylation is 1. The van der Waals surface area contributed by atoms with Crippen molar-refractivity contribution >= 4 is 17.3 Å². The quantitative estimate of drug-likeness (QED) is 0.366. The first kappa shape index (κ1) is 13.0. The third kappa shape index (κ3) is 1.53. The van der Waals surface area contributed by atoms with Crippen LogP contribution in [0.2, 0.25) is 0 Å². The van der Waals surface area contributed by atoms with E-state index in [9.17, 15) is 24.9 Å². The van der Waals surface area contributed by atoms with Gasteiger partial charge >= 0.3 is 0 Å². The van der Waals surface area contributed by atoms with Gasteiger partial charge in [0.2, 0.25) is 11.6 Å². The number of phenolic OH excluding ortho intramolecular Hbond substituents is 3. The summed E-state index contributed by atoms with van der Waals surface area (Å²) in [6.45, 7) is 1.49. The standard InChI is InChI=1S/C15H11NO5/c1-5-4-8(18)11-12(13(5)19)14(20)9-6(16)2-3-7(17)10(9)15(11)21/h2-4,17-19H,16H2,1H3. The van der Waals surface area contributed by atoms with Gasteiger partial charge in [-0.15, -0.1) is 0 Å². The van der Waals surface area contributed by atoms with Gasteiger partial charge in [0.1, 0.15) is 17.2 Å². The Kier molecular flexibility index (Phi) is 2.47. The van der Waals surface area contributed by atoms with Crippen LogP contribution in [0.15, 0.2) is 18.2 Å². The average Bonchev–Trinajstić information content (AvgIpc) is 2.42. The summed E-state index contributed by atoms with van der Waals surface area (Å²) in [5, 5.41) is 29.8. The van der Waals surface area contributed by atoms with Gasteiger partial charge < -0.3 is 21.1 Å². The number of carbonyl (C=O) groups excluding carboxylic acids is 2. The van der Waals surface area contributed by atoms with Crippen molar-refractivity contribution in [2.24, 2.45) is 0 Å². The Hall–Kier alpha value is -3.02. The van der Waals surface area contributed by atoms with Crippen LogP contribution in [0.5, 0.6) is 17.2 Å². The summed E-state index contributed by atoms with van der Waals surface area (Å²) in [4.78, 5) is 25.0. The van der Waals surface area contributed by atoms with E-state index in [1.165, 1.54) is 25.1 Å². The number of anilines is 1. The maximum absolute atomic E-state index is 12.5. The molecule has 0 atom stereocenters. The number of hydrogen-bond donors (Lipinski definition) is 4. The van der Waals surface area contributed by atoms with Gasteiger partial charge in [-0.05, 0) is 30.7 Å². The predicted octanol–water partition coefficient (Wildman–Crippen LogP) is 1.47. The Morgan fingerprint density at radius 3 is 2.10 bits per heavy atom. The number of hydrogen-bond acceptors (Lipinski definition) is 6. The summed E-state index contributed by atoms with van der Waals surface area (Å²) in [7, 11) is 0. The highest BCUT2D eigenvalue weighted by atomic mass is 16.3. The molecule has 0 unspecified atom stereocenters. The molecule has 21 heavy (non-hydrogen) atoms. The Morgan fingerprint density at radius 2 is 1.43 bits per heavy atom. The van der Waals surface area contributed by atoms with Crippen molar-refractivity contribution in [1.82, 2.24) is 0 Å². The number of nitrogen functional groups attached to an aromatic ring is 1. The van der Waals surface area contributed by atoms with Gasteiger partial charge in [-0.1, -0.05) is 0 Å². The lowest BCUT2D eigenvalue weighted by Gasteiger charge is -2.22. The second-order valence-corrected chi connectivity index (χ2v) is 4.89. The molecule has 1 aliphatic carbocycles. The van der Waals surface area contributed by atoms with Crippen molar-refractivity contribution in [2.45, 2.75) is 6.92 Å². The van der Waals surface area contributed by atoms with E-state index in [4.69, 9.17) is 5.73 Å². The number of nitrogens with two attached hydrogens (primary N) is 1. The van der Waals surface area contributed by atoms with E-state index in [1.807, 2.05) is 0 Å². The third-order valence-corrected chi connectivity index (χ3v) is 3.59. The molecule has 6 nitrogen and oxygen atoms in total. The first-order valence-corrected chi connectivity index (χ1v) is 6.11. The summed E-state index contributed by atoms with van der Waals surface area (Å²) >= 11 is 0. The van der Waals surface area contributed by atoms with Gasteiger partial charge in [0.05, 0.1) is 22.3 Å². The molecule has 0 fully saturated rings. The highest BCUT2D eigenvalue weighted by molar-refractivity contribution is 6.32. The van der Waals surface area contributed by atoms with Crippen molar-refractivity contribution < 1.29 is 24.9 Å². The second kappa shape index (κ2) is 3.99. The number of rotatable bonds is 0. The van der Waals surface area contributed by atoms with E-state index in [0.29, 0.717) is 0 Å². The van der Waals surface area contributed by atoms with Gasteiger partial charge in [-0.25, -0.2) is 0 Å². The number of aromatic hydroxyl groups is 3. The van der Waals surface area contributed by atoms with Crippen LogP contribution in [0.25, 0.3) is 0 Å². The molecule has 0 bridgehead atoms. The van der Waals surface area contributed by atoms with Crippen LogP contribution in [-0.2, 0) is 0 Å². The molecular formula is C15H11NO5. The molecule has 0 heterocycles. The van der Waals surface area contributed by atoms with Crippen LogP contribution in [0.4, 0.5) is 5.69 Å². The van der Waals surface area contributed by atoms with Crippen molar-refractivity contribution in [3.8, 4) is 17.2 Å². The molecule has 0 spiro atoms. The molecule has 6 heteroatoms. The second-order valence-electron chi connectivity index (χ2n) is 4.89. The van der Waals surface area contributed by atoms with Crippen molar-refractivity contribution in [1.29, 1.82) is 0 Å². The Balaban J connectivity index is 2.47. The number of carbonyl (C=O) groups is 2. The fourth-order valence-corrected chi connectivity index (χ4v) is 2.57. The molecule has 0 amide bonds. The maximum atomic E-state index is 12.5. The predicted molar refractivity (Wildman–Crippen MR) is 73.9 cm³/mol. The summed E-state index contributed by atoms with van der Waals surface area (Å²) in [6.07, 6.45) is 0. The highest BCUT2D eigenvalue weighted by Crippen LogP contribution is 2.43. The molecule has 3 rings (SSSR count). The van der Waals surface area contributed by atoms with Crippen molar-refractivity contribution in [2.75, 3.05) is 5.73 Å². The van der Waals surface area contributed by atoms with Crippen LogP contribution in [-0.4, -0.2) is 26.9 Å². The fraction of sp³-hybridized carbons (Fsp3) is 0.0667. The topological polar surface area (TPSA) is 121 Å².